The molecule has 1 heterocycles. The first kappa shape index (κ1) is 16.5. The van der Waals surface area contributed by atoms with Crippen LogP contribution in [0.25, 0.3) is 0 Å². The van der Waals surface area contributed by atoms with E-state index in [0.29, 0.717) is 11.1 Å². The van der Waals surface area contributed by atoms with E-state index in [1.807, 2.05) is 0 Å². The summed E-state index contributed by atoms with van der Waals surface area (Å²) >= 11 is 0. The van der Waals surface area contributed by atoms with E-state index in [0.717, 1.165) is 0 Å². The van der Waals surface area contributed by atoms with Crippen LogP contribution in [0.2, 0.25) is 0 Å². The van der Waals surface area contributed by atoms with Gasteiger partial charge in [0, 0.05) is 30.2 Å². The fourth-order valence-corrected chi connectivity index (χ4v) is 1.75. The van der Waals surface area contributed by atoms with E-state index < -0.39 is 12.1 Å². The number of hydrogen-bond donors (Lipinski definition) is 2. The van der Waals surface area contributed by atoms with E-state index in [-0.39, 0.29) is 18.1 Å². The highest BCUT2D eigenvalue weighted by molar-refractivity contribution is 5.95. The molecular weight excluding hydrogens is 311 g/mol. The van der Waals surface area contributed by atoms with Gasteiger partial charge in [-0.3, -0.25) is 14.6 Å². The third-order valence-electron chi connectivity index (χ3n) is 2.84. The number of benzene rings is 1. The largest absolute Gasteiger partial charge is 0.471 e. The summed E-state index contributed by atoms with van der Waals surface area (Å²) in [6, 6.07) is 8.87. The lowest BCUT2D eigenvalue weighted by atomic mass is 10.2. The molecule has 0 fully saturated rings. The van der Waals surface area contributed by atoms with E-state index in [9.17, 15) is 22.8 Å². The Hall–Kier alpha value is -2.90. The summed E-state index contributed by atoms with van der Waals surface area (Å²) in [6.07, 6.45) is -2.00. The highest BCUT2D eigenvalue weighted by atomic mass is 19.4. The summed E-state index contributed by atoms with van der Waals surface area (Å²) in [4.78, 5) is 26.5. The number of aromatic nitrogens is 1. The number of anilines is 1. The molecule has 2 rings (SSSR count). The smallest absolute Gasteiger partial charge is 0.348 e. The number of nitrogens with one attached hydrogen (secondary N) is 2. The fraction of sp³-hybridized carbons (Fsp3) is 0.133. The molecule has 0 aliphatic carbocycles. The predicted octanol–water partition coefficient (Wildman–Crippen LogP) is 2.51. The molecule has 0 saturated heterocycles. The van der Waals surface area contributed by atoms with Gasteiger partial charge in [0.05, 0.1) is 0 Å². The van der Waals surface area contributed by atoms with Crippen molar-refractivity contribution in [2.75, 3.05) is 5.32 Å². The maximum atomic E-state index is 12.2. The Kier molecular flexibility index (Phi) is 4.95. The summed E-state index contributed by atoms with van der Waals surface area (Å²) in [6.45, 7) is 0.108. The number of pyridine rings is 1. The van der Waals surface area contributed by atoms with Gasteiger partial charge < -0.3 is 10.6 Å². The summed E-state index contributed by atoms with van der Waals surface area (Å²) in [5, 5.41) is 4.38. The van der Waals surface area contributed by atoms with E-state index in [2.05, 4.69) is 10.3 Å². The van der Waals surface area contributed by atoms with Crippen molar-refractivity contribution in [3.63, 3.8) is 0 Å². The van der Waals surface area contributed by atoms with Crippen LogP contribution in [0.1, 0.15) is 15.9 Å². The SMILES string of the molecule is O=C(NCc1cccc(NC(=O)C(F)(F)F)c1)c1ccncc1. The highest BCUT2D eigenvalue weighted by Crippen LogP contribution is 2.18. The molecule has 2 amide bonds. The first-order chi connectivity index (χ1) is 10.9. The summed E-state index contributed by atoms with van der Waals surface area (Å²) in [5.41, 5.74) is 0.969. The number of rotatable bonds is 4. The third kappa shape index (κ3) is 4.80. The Labute approximate surface area is 129 Å². The third-order valence-corrected chi connectivity index (χ3v) is 2.84. The van der Waals surface area contributed by atoms with Gasteiger partial charge in [0.15, 0.2) is 0 Å². The number of carbonyl (C=O) groups is 2. The standard InChI is InChI=1S/C15H12F3N3O2/c16-15(17,18)14(23)21-12-3-1-2-10(8-12)9-20-13(22)11-4-6-19-7-5-11/h1-8H,9H2,(H,20,22)(H,21,23). The number of carbonyl (C=O) groups excluding carboxylic acids is 2. The summed E-state index contributed by atoms with van der Waals surface area (Å²) in [5.74, 6) is -2.38. The fourth-order valence-electron chi connectivity index (χ4n) is 1.75. The van der Waals surface area contributed by atoms with Crippen LogP contribution in [0.5, 0.6) is 0 Å². The second kappa shape index (κ2) is 6.91. The van der Waals surface area contributed by atoms with Crippen LogP contribution < -0.4 is 10.6 Å². The summed E-state index contributed by atoms with van der Waals surface area (Å²) < 4.78 is 36.6. The van der Waals surface area contributed by atoms with Crippen LogP contribution in [0.15, 0.2) is 48.8 Å². The van der Waals surface area contributed by atoms with Gasteiger partial charge in [-0.15, -0.1) is 0 Å². The minimum Gasteiger partial charge on any atom is -0.348 e. The molecule has 0 bridgehead atoms. The van der Waals surface area contributed by atoms with Gasteiger partial charge in [0.25, 0.3) is 5.91 Å². The Morgan fingerprint density at radius 1 is 1.09 bits per heavy atom. The molecule has 0 unspecified atom stereocenters. The molecular formula is C15H12F3N3O2. The molecule has 8 heteroatoms. The van der Waals surface area contributed by atoms with Crippen LogP contribution in [0.3, 0.4) is 0 Å². The number of nitrogens with zero attached hydrogens (tertiary/aromatic N) is 1. The number of hydrogen-bond acceptors (Lipinski definition) is 3. The molecule has 2 aromatic rings. The lowest BCUT2D eigenvalue weighted by Gasteiger charge is -2.10. The van der Waals surface area contributed by atoms with Crippen LogP contribution in [-0.4, -0.2) is 23.0 Å². The van der Waals surface area contributed by atoms with Gasteiger partial charge in [0.2, 0.25) is 0 Å². The Morgan fingerprint density at radius 2 is 1.78 bits per heavy atom. The van der Waals surface area contributed by atoms with Gasteiger partial charge in [0.1, 0.15) is 0 Å². The van der Waals surface area contributed by atoms with Crippen LogP contribution in [0.4, 0.5) is 18.9 Å². The lowest BCUT2D eigenvalue weighted by Crippen LogP contribution is -2.30. The topological polar surface area (TPSA) is 71.1 Å². The molecule has 5 nitrogen and oxygen atoms in total. The van der Waals surface area contributed by atoms with Crippen molar-refractivity contribution in [2.45, 2.75) is 12.7 Å². The first-order valence-electron chi connectivity index (χ1n) is 6.51. The average Bonchev–Trinajstić information content (AvgIpc) is 2.53. The van der Waals surface area contributed by atoms with Crippen LogP contribution in [-0.2, 0) is 11.3 Å². The maximum absolute atomic E-state index is 12.2. The summed E-state index contributed by atoms with van der Waals surface area (Å²) in [7, 11) is 0. The minimum atomic E-state index is -4.95. The van der Waals surface area contributed by atoms with Gasteiger partial charge in [-0.05, 0) is 29.8 Å². The van der Waals surface area contributed by atoms with Crippen molar-refractivity contribution in [2.24, 2.45) is 0 Å². The van der Waals surface area contributed by atoms with Crippen molar-refractivity contribution in [3.8, 4) is 0 Å². The highest BCUT2D eigenvalue weighted by Gasteiger charge is 2.38. The number of halogens is 3. The zero-order valence-corrected chi connectivity index (χ0v) is 11.7. The van der Waals surface area contributed by atoms with Gasteiger partial charge in [-0.2, -0.15) is 13.2 Å². The molecule has 0 saturated carbocycles. The second-order valence-corrected chi connectivity index (χ2v) is 4.57. The minimum absolute atomic E-state index is 0.00276. The van der Waals surface area contributed by atoms with E-state index in [4.69, 9.17) is 0 Å². The molecule has 2 N–H and O–H groups in total. The molecule has 23 heavy (non-hydrogen) atoms. The number of alkyl halides is 3. The normalized spacial score (nSPS) is 10.9. The number of amides is 2. The molecule has 0 spiro atoms. The molecule has 0 aliphatic rings. The van der Waals surface area contributed by atoms with Crippen LogP contribution >= 0.6 is 0 Å². The molecule has 120 valence electrons. The van der Waals surface area contributed by atoms with Gasteiger partial charge in [-0.25, -0.2) is 0 Å². The average molecular weight is 323 g/mol. The van der Waals surface area contributed by atoms with Crippen molar-refractivity contribution in [1.82, 2.24) is 10.3 Å². The molecule has 0 radical (unpaired) electrons. The van der Waals surface area contributed by atoms with E-state index in [1.54, 1.807) is 11.4 Å². The first-order valence-corrected chi connectivity index (χ1v) is 6.51. The van der Waals surface area contributed by atoms with Crippen molar-refractivity contribution in [1.29, 1.82) is 0 Å². The van der Waals surface area contributed by atoms with Gasteiger partial charge in [-0.1, -0.05) is 12.1 Å². The van der Waals surface area contributed by atoms with E-state index in [1.165, 1.54) is 42.7 Å². The molecule has 0 atom stereocenters. The monoisotopic (exact) mass is 323 g/mol. The van der Waals surface area contributed by atoms with Crippen molar-refractivity contribution >= 4 is 17.5 Å². The van der Waals surface area contributed by atoms with Crippen molar-refractivity contribution < 1.29 is 22.8 Å². The maximum Gasteiger partial charge on any atom is 0.471 e. The van der Waals surface area contributed by atoms with Crippen LogP contribution in [0, 0.1) is 0 Å². The quantitative estimate of drug-likeness (QED) is 0.908. The van der Waals surface area contributed by atoms with Crippen molar-refractivity contribution in [3.05, 3.63) is 59.9 Å². The molecule has 0 aliphatic heterocycles. The Bertz CT molecular complexity index is 703. The van der Waals surface area contributed by atoms with E-state index >= 15 is 0 Å². The second-order valence-electron chi connectivity index (χ2n) is 4.57. The Morgan fingerprint density at radius 3 is 2.43 bits per heavy atom. The zero-order chi connectivity index (χ0) is 16.9. The Balaban J connectivity index is 1.98. The predicted molar refractivity (Wildman–Crippen MR) is 76.5 cm³/mol. The molecule has 1 aromatic carbocycles. The zero-order valence-electron chi connectivity index (χ0n) is 11.7. The van der Waals surface area contributed by atoms with Gasteiger partial charge >= 0.3 is 12.1 Å². The lowest BCUT2D eigenvalue weighted by molar-refractivity contribution is -0.167. The molecule has 1 aromatic heterocycles.